The Morgan fingerprint density at radius 3 is 2.54 bits per heavy atom. The topological polar surface area (TPSA) is 70.6 Å². The third-order valence-corrected chi connectivity index (χ3v) is 5.19. The average molecular weight is 380 g/mol. The molecule has 28 heavy (non-hydrogen) atoms. The van der Waals surface area contributed by atoms with Crippen molar-refractivity contribution in [2.24, 2.45) is 7.05 Å². The zero-order valence-electron chi connectivity index (χ0n) is 15.3. The van der Waals surface area contributed by atoms with E-state index < -0.39 is 11.8 Å². The fourth-order valence-electron chi connectivity index (χ4n) is 3.81. The number of hydrogen-bond acceptors (Lipinski definition) is 5. The van der Waals surface area contributed by atoms with E-state index in [0.29, 0.717) is 29.9 Å². The number of piperidine rings is 1. The number of hydrogen-bond donors (Lipinski definition) is 0. The van der Waals surface area contributed by atoms with Crippen LogP contribution in [-0.2, 0) is 7.05 Å². The molecule has 1 aliphatic heterocycles. The molecule has 0 atom stereocenters. The van der Waals surface area contributed by atoms with E-state index in [1.54, 1.807) is 6.33 Å². The molecule has 0 spiro atoms. The molecule has 1 fully saturated rings. The Balaban J connectivity index is 1.70. The molecule has 1 aromatic carbocycles. The summed E-state index contributed by atoms with van der Waals surface area (Å²) in [6.45, 7) is 1.30. The zero-order chi connectivity index (χ0) is 19.7. The average Bonchev–Trinajstić information content (AvgIpc) is 3.14. The van der Waals surface area contributed by atoms with E-state index in [1.165, 1.54) is 30.5 Å². The van der Waals surface area contributed by atoms with Crippen LogP contribution in [0.25, 0.3) is 11.1 Å². The smallest absolute Gasteiger partial charge is 0.212 e. The predicted octanol–water partition coefficient (Wildman–Crippen LogP) is 3.41. The van der Waals surface area contributed by atoms with Crippen molar-refractivity contribution in [1.29, 1.82) is 5.26 Å². The van der Waals surface area contributed by atoms with Crippen LogP contribution in [0.1, 0.15) is 30.1 Å². The van der Waals surface area contributed by atoms with Crippen LogP contribution >= 0.6 is 0 Å². The number of aromatic nitrogens is 4. The first-order chi connectivity index (χ1) is 13.6. The van der Waals surface area contributed by atoms with E-state index in [1.807, 2.05) is 16.5 Å². The standard InChI is InChI=1S/C20H18F2N6/c1-27-12-25-26-20(27)13-6-8-28(9-7-13)19-14(10-23)2-4-16(21)18(19)15-3-5-17(22)24-11-15/h2-5,11-13H,6-9H2,1H3. The lowest BCUT2D eigenvalue weighted by atomic mass is 9.93. The van der Waals surface area contributed by atoms with Gasteiger partial charge in [0.2, 0.25) is 5.95 Å². The summed E-state index contributed by atoms with van der Waals surface area (Å²) in [6.07, 6.45) is 4.61. The van der Waals surface area contributed by atoms with Crippen molar-refractivity contribution in [3.05, 3.63) is 59.9 Å². The summed E-state index contributed by atoms with van der Waals surface area (Å²) in [7, 11) is 1.92. The molecule has 1 saturated heterocycles. The van der Waals surface area contributed by atoms with Crippen LogP contribution in [0.15, 0.2) is 36.8 Å². The number of benzene rings is 1. The largest absolute Gasteiger partial charge is 0.370 e. The van der Waals surface area contributed by atoms with Crippen LogP contribution in [0.5, 0.6) is 0 Å². The minimum atomic E-state index is -0.633. The summed E-state index contributed by atoms with van der Waals surface area (Å²) >= 11 is 0. The molecule has 3 aromatic rings. The van der Waals surface area contributed by atoms with Gasteiger partial charge in [0.15, 0.2) is 0 Å². The first kappa shape index (κ1) is 18.0. The van der Waals surface area contributed by atoms with Crippen molar-refractivity contribution in [1.82, 2.24) is 19.7 Å². The van der Waals surface area contributed by atoms with E-state index in [0.717, 1.165) is 18.7 Å². The van der Waals surface area contributed by atoms with Gasteiger partial charge in [0.05, 0.1) is 11.3 Å². The number of nitriles is 1. The second kappa shape index (κ2) is 7.35. The third kappa shape index (κ3) is 3.20. The summed E-state index contributed by atoms with van der Waals surface area (Å²) in [4.78, 5) is 5.66. The Kier molecular flexibility index (Phi) is 4.74. The van der Waals surface area contributed by atoms with Crippen LogP contribution in [0.2, 0.25) is 0 Å². The van der Waals surface area contributed by atoms with Gasteiger partial charge in [-0.25, -0.2) is 9.37 Å². The normalized spacial score (nSPS) is 14.9. The highest BCUT2D eigenvalue weighted by Gasteiger charge is 2.28. The van der Waals surface area contributed by atoms with Gasteiger partial charge in [0.1, 0.15) is 24.0 Å². The third-order valence-electron chi connectivity index (χ3n) is 5.19. The van der Waals surface area contributed by atoms with Crippen LogP contribution < -0.4 is 4.90 Å². The van der Waals surface area contributed by atoms with Crippen LogP contribution in [0, 0.1) is 23.1 Å². The molecule has 0 unspecified atom stereocenters. The van der Waals surface area contributed by atoms with Crippen molar-refractivity contribution in [2.45, 2.75) is 18.8 Å². The monoisotopic (exact) mass is 380 g/mol. The Labute approximate surface area is 161 Å². The van der Waals surface area contributed by atoms with Gasteiger partial charge in [0.25, 0.3) is 0 Å². The lowest BCUT2D eigenvalue weighted by Gasteiger charge is -2.35. The van der Waals surface area contributed by atoms with Crippen molar-refractivity contribution in [2.75, 3.05) is 18.0 Å². The van der Waals surface area contributed by atoms with Crippen molar-refractivity contribution >= 4 is 5.69 Å². The molecule has 4 rings (SSSR count). The van der Waals surface area contributed by atoms with Crippen molar-refractivity contribution in [3.63, 3.8) is 0 Å². The number of anilines is 1. The van der Waals surface area contributed by atoms with Gasteiger partial charge in [0, 0.05) is 43.4 Å². The van der Waals surface area contributed by atoms with Gasteiger partial charge in [-0.15, -0.1) is 10.2 Å². The highest BCUT2D eigenvalue weighted by Crippen LogP contribution is 2.39. The highest BCUT2D eigenvalue weighted by atomic mass is 19.1. The molecule has 142 valence electrons. The molecule has 0 aliphatic carbocycles. The number of aryl methyl sites for hydroxylation is 1. The first-order valence-corrected chi connectivity index (χ1v) is 9.02. The van der Waals surface area contributed by atoms with E-state index in [4.69, 9.17) is 0 Å². The van der Waals surface area contributed by atoms with Crippen LogP contribution in [-0.4, -0.2) is 32.8 Å². The van der Waals surface area contributed by atoms with Gasteiger partial charge in [-0.2, -0.15) is 9.65 Å². The Hall–Kier alpha value is -3.34. The van der Waals surface area contributed by atoms with Gasteiger partial charge >= 0.3 is 0 Å². The molecule has 0 saturated carbocycles. The maximum atomic E-state index is 14.8. The molecule has 8 heteroatoms. The molecule has 0 radical (unpaired) electrons. The number of nitrogens with zero attached hydrogens (tertiary/aromatic N) is 6. The van der Waals surface area contributed by atoms with Gasteiger partial charge in [-0.3, -0.25) is 0 Å². The molecule has 0 N–H and O–H groups in total. The quantitative estimate of drug-likeness (QED) is 0.651. The maximum Gasteiger partial charge on any atom is 0.212 e. The minimum absolute atomic E-state index is 0.263. The Bertz CT molecular complexity index is 1030. The molecule has 0 amide bonds. The van der Waals surface area contributed by atoms with Crippen molar-refractivity contribution in [3.8, 4) is 17.2 Å². The van der Waals surface area contributed by atoms with Crippen LogP contribution in [0.4, 0.5) is 14.5 Å². The van der Waals surface area contributed by atoms with E-state index in [-0.39, 0.29) is 11.5 Å². The predicted molar refractivity (Wildman–Crippen MR) is 99.5 cm³/mol. The number of pyridine rings is 1. The van der Waals surface area contributed by atoms with E-state index >= 15 is 0 Å². The van der Waals surface area contributed by atoms with Crippen LogP contribution in [0.3, 0.4) is 0 Å². The van der Waals surface area contributed by atoms with E-state index in [9.17, 15) is 14.0 Å². The molecular weight excluding hydrogens is 362 g/mol. The summed E-state index contributed by atoms with van der Waals surface area (Å²) in [5.74, 6) is 0.102. The van der Waals surface area contributed by atoms with Gasteiger partial charge < -0.3 is 9.47 Å². The highest BCUT2D eigenvalue weighted by molar-refractivity contribution is 5.83. The molecular formula is C20H18F2N6. The summed E-state index contributed by atoms with van der Waals surface area (Å²) in [5, 5.41) is 17.7. The second-order valence-corrected chi connectivity index (χ2v) is 6.86. The molecule has 6 nitrogen and oxygen atoms in total. The second-order valence-electron chi connectivity index (χ2n) is 6.86. The van der Waals surface area contributed by atoms with E-state index in [2.05, 4.69) is 21.3 Å². The van der Waals surface area contributed by atoms with Gasteiger partial charge in [-0.1, -0.05) is 0 Å². The Morgan fingerprint density at radius 1 is 1.14 bits per heavy atom. The first-order valence-electron chi connectivity index (χ1n) is 9.02. The summed E-state index contributed by atoms with van der Waals surface area (Å²) in [6, 6.07) is 7.59. The fourth-order valence-corrected chi connectivity index (χ4v) is 3.81. The Morgan fingerprint density at radius 2 is 1.93 bits per heavy atom. The number of halogens is 2. The lowest BCUT2D eigenvalue weighted by Crippen LogP contribution is -2.34. The molecule has 2 aromatic heterocycles. The van der Waals surface area contributed by atoms with Gasteiger partial charge in [-0.05, 0) is 37.1 Å². The van der Waals surface area contributed by atoms with Crippen molar-refractivity contribution < 1.29 is 8.78 Å². The fraction of sp³-hybridized carbons (Fsp3) is 0.300. The summed E-state index contributed by atoms with van der Waals surface area (Å²) < 4.78 is 29.9. The molecule has 1 aliphatic rings. The maximum absolute atomic E-state index is 14.8. The zero-order valence-corrected chi connectivity index (χ0v) is 15.3. The number of rotatable bonds is 3. The molecule has 0 bridgehead atoms. The summed E-state index contributed by atoms with van der Waals surface area (Å²) in [5.41, 5.74) is 1.65. The SMILES string of the molecule is Cn1cnnc1C1CCN(c2c(C#N)ccc(F)c2-c2ccc(F)nc2)CC1. The molecule has 3 heterocycles. The minimum Gasteiger partial charge on any atom is -0.370 e. The lowest BCUT2D eigenvalue weighted by molar-refractivity contribution is 0.473.